The smallest absolute Gasteiger partial charge is 0.255 e. The first-order valence-electron chi connectivity index (χ1n) is 9.30. The molecular formula is C21H20FN3O4. The summed E-state index contributed by atoms with van der Waals surface area (Å²) in [4.78, 5) is 37.9. The number of imide groups is 1. The van der Waals surface area contributed by atoms with Crippen molar-refractivity contribution in [3.8, 4) is 5.75 Å². The lowest BCUT2D eigenvalue weighted by Crippen LogP contribution is -2.52. The van der Waals surface area contributed by atoms with Gasteiger partial charge in [0.2, 0.25) is 11.8 Å². The van der Waals surface area contributed by atoms with Crippen molar-refractivity contribution in [1.29, 1.82) is 0 Å². The van der Waals surface area contributed by atoms with Crippen LogP contribution in [-0.4, -0.2) is 35.8 Å². The van der Waals surface area contributed by atoms with Gasteiger partial charge < -0.3 is 15.0 Å². The molecule has 8 heteroatoms. The standard InChI is InChI=1S/C21H20FN3O4/c1-29-13-5-6-16(22)12(9-13)10-23-17-4-2-3-14-15(17)11-25(21(14)28)18-7-8-19(26)24-20(18)27/h2-6,9,18,23H,7-8,10-11H2,1H3,(H,24,26,27). The molecule has 150 valence electrons. The van der Waals surface area contributed by atoms with Crippen LogP contribution in [0.4, 0.5) is 10.1 Å². The number of piperidine rings is 1. The summed E-state index contributed by atoms with van der Waals surface area (Å²) in [6.07, 6.45) is 0.513. The number of fused-ring (bicyclic) bond motifs is 1. The molecule has 0 aliphatic carbocycles. The van der Waals surface area contributed by atoms with E-state index in [4.69, 9.17) is 4.74 Å². The minimum absolute atomic E-state index is 0.205. The van der Waals surface area contributed by atoms with Gasteiger partial charge in [-0.05, 0) is 36.8 Å². The van der Waals surface area contributed by atoms with Gasteiger partial charge in [-0.1, -0.05) is 6.07 Å². The molecule has 0 bridgehead atoms. The molecular weight excluding hydrogens is 377 g/mol. The van der Waals surface area contributed by atoms with Gasteiger partial charge in [-0.15, -0.1) is 0 Å². The third kappa shape index (κ3) is 3.53. The average molecular weight is 397 g/mol. The Labute approximate surface area is 166 Å². The van der Waals surface area contributed by atoms with Gasteiger partial charge in [-0.3, -0.25) is 19.7 Å². The van der Waals surface area contributed by atoms with E-state index in [1.807, 2.05) is 6.07 Å². The number of halogens is 1. The van der Waals surface area contributed by atoms with Crippen molar-refractivity contribution in [2.24, 2.45) is 0 Å². The minimum Gasteiger partial charge on any atom is -0.497 e. The summed E-state index contributed by atoms with van der Waals surface area (Å²) in [5.41, 5.74) is 2.40. The van der Waals surface area contributed by atoms with E-state index < -0.39 is 11.9 Å². The molecule has 2 N–H and O–H groups in total. The maximum atomic E-state index is 14.1. The fourth-order valence-corrected chi connectivity index (χ4v) is 3.76. The molecule has 1 fully saturated rings. The molecule has 7 nitrogen and oxygen atoms in total. The highest BCUT2D eigenvalue weighted by Gasteiger charge is 2.39. The number of hydrogen-bond acceptors (Lipinski definition) is 5. The van der Waals surface area contributed by atoms with E-state index in [9.17, 15) is 18.8 Å². The summed E-state index contributed by atoms with van der Waals surface area (Å²) in [7, 11) is 1.52. The lowest BCUT2D eigenvalue weighted by Gasteiger charge is -2.29. The quantitative estimate of drug-likeness (QED) is 0.756. The zero-order chi connectivity index (χ0) is 20.5. The summed E-state index contributed by atoms with van der Waals surface area (Å²) >= 11 is 0. The van der Waals surface area contributed by atoms with Crippen molar-refractivity contribution >= 4 is 23.4 Å². The van der Waals surface area contributed by atoms with Crippen LogP contribution in [0.3, 0.4) is 0 Å². The van der Waals surface area contributed by atoms with Crippen molar-refractivity contribution in [2.75, 3.05) is 12.4 Å². The number of rotatable bonds is 5. The number of nitrogens with zero attached hydrogens (tertiary/aromatic N) is 1. The van der Waals surface area contributed by atoms with E-state index >= 15 is 0 Å². The Kier molecular flexibility index (Phi) is 4.92. The van der Waals surface area contributed by atoms with Crippen LogP contribution in [0.2, 0.25) is 0 Å². The first kappa shape index (κ1) is 18.9. The van der Waals surface area contributed by atoms with Crippen LogP contribution in [0.5, 0.6) is 5.75 Å². The molecule has 2 aromatic rings. The Balaban J connectivity index is 1.54. The van der Waals surface area contributed by atoms with Crippen LogP contribution >= 0.6 is 0 Å². The van der Waals surface area contributed by atoms with Crippen LogP contribution in [0.15, 0.2) is 36.4 Å². The number of methoxy groups -OCH3 is 1. The van der Waals surface area contributed by atoms with Gasteiger partial charge in [0, 0.05) is 41.9 Å². The van der Waals surface area contributed by atoms with Crippen molar-refractivity contribution in [1.82, 2.24) is 10.2 Å². The van der Waals surface area contributed by atoms with Gasteiger partial charge in [-0.2, -0.15) is 0 Å². The SMILES string of the molecule is COc1ccc(F)c(CNc2cccc3c2CN(C2CCC(=O)NC2=O)C3=O)c1. The Morgan fingerprint density at radius 2 is 2.07 bits per heavy atom. The molecule has 0 radical (unpaired) electrons. The normalized spacial score (nSPS) is 18.5. The molecule has 2 aliphatic heterocycles. The lowest BCUT2D eigenvalue weighted by molar-refractivity contribution is -0.136. The molecule has 1 atom stereocenters. The third-order valence-corrected chi connectivity index (χ3v) is 5.30. The fourth-order valence-electron chi connectivity index (χ4n) is 3.76. The van der Waals surface area contributed by atoms with E-state index in [2.05, 4.69) is 10.6 Å². The molecule has 3 amide bonds. The summed E-state index contributed by atoms with van der Waals surface area (Å²) < 4.78 is 19.2. The number of carbonyl (C=O) groups excluding carboxylic acids is 3. The van der Waals surface area contributed by atoms with Crippen LogP contribution in [-0.2, 0) is 22.7 Å². The maximum absolute atomic E-state index is 14.1. The van der Waals surface area contributed by atoms with E-state index in [1.165, 1.54) is 18.1 Å². The molecule has 0 saturated carbocycles. The molecule has 2 aliphatic rings. The summed E-state index contributed by atoms with van der Waals surface area (Å²) in [5.74, 6) is -0.813. The van der Waals surface area contributed by atoms with E-state index in [1.54, 1.807) is 24.3 Å². The first-order valence-corrected chi connectivity index (χ1v) is 9.30. The predicted octanol–water partition coefficient (Wildman–Crippen LogP) is 2.21. The van der Waals surface area contributed by atoms with Crippen LogP contribution in [0.1, 0.15) is 34.3 Å². The highest BCUT2D eigenvalue weighted by atomic mass is 19.1. The molecule has 29 heavy (non-hydrogen) atoms. The second-order valence-electron chi connectivity index (χ2n) is 7.04. The molecule has 1 unspecified atom stereocenters. The number of nitrogens with one attached hydrogen (secondary N) is 2. The summed E-state index contributed by atoms with van der Waals surface area (Å²) in [5, 5.41) is 5.48. The number of hydrogen-bond donors (Lipinski definition) is 2. The topological polar surface area (TPSA) is 87.7 Å². The Hall–Kier alpha value is -3.42. The molecule has 0 aromatic heterocycles. The Morgan fingerprint density at radius 3 is 2.83 bits per heavy atom. The van der Waals surface area contributed by atoms with Gasteiger partial charge in [0.05, 0.1) is 7.11 Å². The van der Waals surface area contributed by atoms with Crippen molar-refractivity contribution in [3.05, 3.63) is 58.9 Å². The zero-order valence-corrected chi connectivity index (χ0v) is 15.8. The molecule has 0 spiro atoms. The highest BCUT2D eigenvalue weighted by molar-refractivity contribution is 6.06. The van der Waals surface area contributed by atoms with Crippen molar-refractivity contribution in [3.63, 3.8) is 0 Å². The van der Waals surface area contributed by atoms with Crippen molar-refractivity contribution in [2.45, 2.75) is 32.0 Å². The van der Waals surface area contributed by atoms with Gasteiger partial charge in [-0.25, -0.2) is 4.39 Å². The number of benzene rings is 2. The molecule has 1 saturated heterocycles. The van der Waals surface area contributed by atoms with Gasteiger partial charge in [0.25, 0.3) is 5.91 Å². The number of carbonyl (C=O) groups is 3. The van der Waals surface area contributed by atoms with Crippen molar-refractivity contribution < 1.29 is 23.5 Å². The van der Waals surface area contributed by atoms with E-state index in [0.717, 1.165) is 5.56 Å². The second kappa shape index (κ2) is 7.54. The first-order chi connectivity index (χ1) is 14.0. The monoisotopic (exact) mass is 397 g/mol. The second-order valence-corrected chi connectivity index (χ2v) is 7.04. The highest BCUT2D eigenvalue weighted by Crippen LogP contribution is 2.32. The predicted molar refractivity (Wildman–Crippen MR) is 103 cm³/mol. The lowest BCUT2D eigenvalue weighted by atomic mass is 10.0. The average Bonchev–Trinajstić information content (AvgIpc) is 3.04. The molecule has 2 aromatic carbocycles. The summed E-state index contributed by atoms with van der Waals surface area (Å²) in [6, 6.07) is 9.12. The van der Waals surface area contributed by atoms with Gasteiger partial charge >= 0.3 is 0 Å². The Bertz CT molecular complexity index is 1010. The zero-order valence-electron chi connectivity index (χ0n) is 15.8. The van der Waals surface area contributed by atoms with E-state index in [-0.39, 0.29) is 37.1 Å². The van der Waals surface area contributed by atoms with Crippen LogP contribution < -0.4 is 15.4 Å². The fraction of sp³-hybridized carbons (Fsp3) is 0.286. The van der Waals surface area contributed by atoms with Gasteiger partial charge in [0.1, 0.15) is 17.6 Å². The largest absolute Gasteiger partial charge is 0.497 e. The number of amides is 3. The molecule has 4 rings (SSSR count). The van der Waals surface area contributed by atoms with Crippen LogP contribution in [0.25, 0.3) is 0 Å². The minimum atomic E-state index is -0.670. The number of ether oxygens (including phenoxy) is 1. The van der Waals surface area contributed by atoms with Gasteiger partial charge in [0.15, 0.2) is 0 Å². The van der Waals surface area contributed by atoms with Crippen LogP contribution in [0, 0.1) is 5.82 Å². The number of anilines is 1. The Morgan fingerprint density at radius 1 is 1.24 bits per heavy atom. The maximum Gasteiger partial charge on any atom is 0.255 e. The van der Waals surface area contributed by atoms with E-state index in [0.29, 0.717) is 29.0 Å². The molecule has 2 heterocycles. The summed E-state index contributed by atoms with van der Waals surface area (Å²) in [6.45, 7) is 0.469. The third-order valence-electron chi connectivity index (χ3n) is 5.30.